The Labute approximate surface area is 113 Å². The third-order valence-electron chi connectivity index (χ3n) is 4.40. The lowest BCUT2D eigenvalue weighted by Crippen LogP contribution is -2.50. The van der Waals surface area contributed by atoms with Gasteiger partial charge in [-0.05, 0) is 37.0 Å². The van der Waals surface area contributed by atoms with Gasteiger partial charge in [-0.25, -0.2) is 0 Å². The summed E-state index contributed by atoms with van der Waals surface area (Å²) in [5.74, 6) is 1.02. The first-order valence-electron chi connectivity index (χ1n) is 7.25. The molecule has 0 N–H and O–H groups in total. The molecule has 1 rings (SSSR count). The lowest BCUT2D eigenvalue weighted by molar-refractivity contribution is 0.0891. The number of nitrogens with zero attached hydrogens (tertiary/aromatic N) is 2. The molecule has 1 aliphatic heterocycles. The third-order valence-corrected chi connectivity index (χ3v) is 5.07. The highest BCUT2D eigenvalue weighted by Gasteiger charge is 2.28. The van der Waals surface area contributed by atoms with Gasteiger partial charge >= 0.3 is 0 Å². The third kappa shape index (κ3) is 4.46. The molecule has 0 amide bonds. The summed E-state index contributed by atoms with van der Waals surface area (Å²) in [5, 5.41) is 0. The zero-order valence-electron chi connectivity index (χ0n) is 11.9. The molecule has 0 aromatic carbocycles. The second kappa shape index (κ2) is 7.65. The Hall–Kier alpha value is 0.270. The summed E-state index contributed by atoms with van der Waals surface area (Å²) in [5.41, 5.74) is 0.441. The molecule has 1 saturated heterocycles. The van der Waals surface area contributed by atoms with Crippen LogP contribution in [0.15, 0.2) is 0 Å². The Bertz CT molecular complexity index is 188. The Balaban J connectivity index is 2.38. The molecule has 0 aromatic heterocycles. The van der Waals surface area contributed by atoms with Crippen molar-refractivity contribution in [3.05, 3.63) is 0 Å². The Morgan fingerprint density at radius 1 is 0.941 bits per heavy atom. The predicted octanol–water partition coefficient (Wildman–Crippen LogP) is 2.75. The monoisotopic (exact) mass is 258 g/mol. The maximum atomic E-state index is 4.58. The predicted molar refractivity (Wildman–Crippen MR) is 80.0 cm³/mol. The summed E-state index contributed by atoms with van der Waals surface area (Å²) in [7, 11) is 0. The summed E-state index contributed by atoms with van der Waals surface area (Å²) in [4.78, 5) is 5.24. The van der Waals surface area contributed by atoms with Gasteiger partial charge in [0.25, 0.3) is 0 Å². The van der Waals surface area contributed by atoms with Gasteiger partial charge < -0.3 is 9.80 Å². The molecule has 0 spiro atoms. The molecule has 1 aliphatic rings. The fraction of sp³-hybridized carbons (Fsp3) is 1.00. The molecule has 0 aliphatic carbocycles. The van der Waals surface area contributed by atoms with E-state index in [2.05, 4.69) is 43.2 Å². The minimum Gasteiger partial charge on any atom is -0.301 e. The van der Waals surface area contributed by atoms with Crippen molar-refractivity contribution in [1.29, 1.82) is 0 Å². The minimum absolute atomic E-state index is 0.441. The number of piperazine rings is 1. The molecule has 0 bridgehead atoms. The van der Waals surface area contributed by atoms with Crippen LogP contribution >= 0.6 is 12.6 Å². The van der Waals surface area contributed by atoms with Gasteiger partial charge in [-0.15, -0.1) is 0 Å². The molecule has 0 atom stereocenters. The Morgan fingerprint density at radius 2 is 1.47 bits per heavy atom. The van der Waals surface area contributed by atoms with Crippen molar-refractivity contribution in [2.24, 2.45) is 5.41 Å². The fourth-order valence-electron chi connectivity index (χ4n) is 2.71. The van der Waals surface area contributed by atoms with Gasteiger partial charge in [0.15, 0.2) is 0 Å². The molecule has 1 heterocycles. The zero-order valence-corrected chi connectivity index (χ0v) is 12.8. The van der Waals surface area contributed by atoms with Crippen LogP contribution in [-0.4, -0.2) is 54.8 Å². The van der Waals surface area contributed by atoms with Gasteiger partial charge in [-0.3, -0.25) is 0 Å². The molecule has 0 aromatic rings. The van der Waals surface area contributed by atoms with Gasteiger partial charge in [-0.2, -0.15) is 12.6 Å². The first-order valence-corrected chi connectivity index (χ1v) is 7.88. The molecular formula is C14H30N2S. The Kier molecular flexibility index (Phi) is 6.90. The Morgan fingerprint density at radius 3 is 1.88 bits per heavy atom. The van der Waals surface area contributed by atoms with E-state index in [1.165, 1.54) is 58.5 Å². The topological polar surface area (TPSA) is 6.48 Å². The maximum Gasteiger partial charge on any atom is 0.0110 e. The molecule has 0 saturated carbocycles. The normalized spacial score (nSPS) is 19.8. The molecular weight excluding hydrogens is 228 g/mol. The minimum atomic E-state index is 0.441. The number of thiol groups is 1. The van der Waals surface area contributed by atoms with Crippen molar-refractivity contribution in [3.63, 3.8) is 0 Å². The molecule has 2 nitrogen and oxygen atoms in total. The summed E-state index contributed by atoms with van der Waals surface area (Å²) >= 11 is 4.58. The smallest absolute Gasteiger partial charge is 0.0110 e. The van der Waals surface area contributed by atoms with E-state index in [-0.39, 0.29) is 0 Å². The lowest BCUT2D eigenvalue weighted by Gasteiger charge is -2.40. The van der Waals surface area contributed by atoms with Crippen LogP contribution in [0.2, 0.25) is 0 Å². The summed E-state index contributed by atoms with van der Waals surface area (Å²) in [6, 6.07) is 0. The SMILES string of the molecule is CCCN1CCN(CC(CC)(CC)CS)CC1. The molecule has 0 unspecified atom stereocenters. The van der Waals surface area contributed by atoms with Crippen LogP contribution in [-0.2, 0) is 0 Å². The van der Waals surface area contributed by atoms with E-state index >= 15 is 0 Å². The molecule has 1 fully saturated rings. The first kappa shape index (κ1) is 15.3. The van der Waals surface area contributed by atoms with Crippen molar-refractivity contribution in [3.8, 4) is 0 Å². The summed E-state index contributed by atoms with van der Waals surface area (Å²) in [6.07, 6.45) is 3.79. The van der Waals surface area contributed by atoms with Crippen molar-refractivity contribution in [1.82, 2.24) is 9.80 Å². The van der Waals surface area contributed by atoms with Crippen LogP contribution in [0.4, 0.5) is 0 Å². The van der Waals surface area contributed by atoms with Gasteiger partial charge in [-0.1, -0.05) is 20.8 Å². The summed E-state index contributed by atoms with van der Waals surface area (Å²) < 4.78 is 0. The zero-order chi connectivity index (χ0) is 12.7. The van der Waals surface area contributed by atoms with E-state index < -0.39 is 0 Å². The highest BCUT2D eigenvalue weighted by molar-refractivity contribution is 7.80. The van der Waals surface area contributed by atoms with E-state index in [1.54, 1.807) is 0 Å². The van der Waals surface area contributed by atoms with Gasteiger partial charge in [0.1, 0.15) is 0 Å². The van der Waals surface area contributed by atoms with E-state index in [9.17, 15) is 0 Å². The van der Waals surface area contributed by atoms with E-state index in [4.69, 9.17) is 0 Å². The molecule has 17 heavy (non-hydrogen) atoms. The van der Waals surface area contributed by atoms with Crippen LogP contribution in [0.3, 0.4) is 0 Å². The second-order valence-corrected chi connectivity index (χ2v) is 5.80. The largest absolute Gasteiger partial charge is 0.301 e. The number of hydrogen-bond donors (Lipinski definition) is 1. The highest BCUT2D eigenvalue weighted by atomic mass is 32.1. The van der Waals surface area contributed by atoms with Gasteiger partial charge in [0, 0.05) is 32.7 Å². The molecule has 3 heteroatoms. The van der Waals surface area contributed by atoms with Crippen LogP contribution in [0.5, 0.6) is 0 Å². The van der Waals surface area contributed by atoms with E-state index in [0.717, 1.165) is 5.75 Å². The maximum absolute atomic E-state index is 4.58. The lowest BCUT2D eigenvalue weighted by atomic mass is 9.83. The van der Waals surface area contributed by atoms with Gasteiger partial charge in [0.05, 0.1) is 0 Å². The quantitative estimate of drug-likeness (QED) is 0.702. The van der Waals surface area contributed by atoms with Crippen LogP contribution in [0, 0.1) is 5.41 Å². The first-order chi connectivity index (χ1) is 8.19. The average Bonchev–Trinajstić information content (AvgIpc) is 2.39. The second-order valence-electron chi connectivity index (χ2n) is 5.48. The molecule has 0 radical (unpaired) electrons. The fourth-order valence-corrected chi connectivity index (χ4v) is 3.26. The van der Waals surface area contributed by atoms with Crippen LogP contribution in [0.1, 0.15) is 40.0 Å². The highest BCUT2D eigenvalue weighted by Crippen LogP contribution is 2.29. The van der Waals surface area contributed by atoms with Crippen molar-refractivity contribution >= 4 is 12.6 Å². The summed E-state index contributed by atoms with van der Waals surface area (Å²) in [6.45, 7) is 14.4. The van der Waals surface area contributed by atoms with E-state index in [1.807, 2.05) is 0 Å². The van der Waals surface area contributed by atoms with Crippen molar-refractivity contribution in [2.45, 2.75) is 40.0 Å². The van der Waals surface area contributed by atoms with Crippen molar-refractivity contribution in [2.75, 3.05) is 45.0 Å². The van der Waals surface area contributed by atoms with Crippen LogP contribution in [0.25, 0.3) is 0 Å². The molecule has 102 valence electrons. The standard InChI is InChI=1S/C14H30N2S/c1-4-7-15-8-10-16(11-9-15)12-14(5-2,6-3)13-17/h17H,4-13H2,1-3H3. The average molecular weight is 258 g/mol. The number of hydrogen-bond acceptors (Lipinski definition) is 3. The van der Waals surface area contributed by atoms with Crippen LogP contribution < -0.4 is 0 Å². The van der Waals surface area contributed by atoms with E-state index in [0.29, 0.717) is 5.41 Å². The number of rotatable bonds is 7. The van der Waals surface area contributed by atoms with Gasteiger partial charge in [0.2, 0.25) is 0 Å². The van der Waals surface area contributed by atoms with Crippen molar-refractivity contribution < 1.29 is 0 Å².